The van der Waals surface area contributed by atoms with E-state index in [1.807, 2.05) is 4.90 Å². The molecular weight excluding hydrogens is 196 g/mol. The number of hydroxylamine groups is 1. The van der Waals surface area contributed by atoms with Crippen LogP contribution in [-0.4, -0.2) is 49.8 Å². The number of nitrogens with one attached hydrogen (secondary N) is 1. The molecule has 5 nitrogen and oxygen atoms in total. The molecule has 0 bridgehead atoms. The van der Waals surface area contributed by atoms with E-state index in [0.717, 1.165) is 32.7 Å². The molecule has 0 radical (unpaired) electrons. The van der Waals surface area contributed by atoms with Crippen molar-refractivity contribution in [2.45, 2.75) is 12.5 Å². The lowest BCUT2D eigenvalue weighted by molar-refractivity contribution is -0.135. The van der Waals surface area contributed by atoms with Gasteiger partial charge in [-0.2, -0.15) is 5.48 Å². The van der Waals surface area contributed by atoms with Crippen molar-refractivity contribution in [1.29, 1.82) is 0 Å². The van der Waals surface area contributed by atoms with Gasteiger partial charge >= 0.3 is 0 Å². The Bertz CT molecular complexity index is 253. The van der Waals surface area contributed by atoms with Gasteiger partial charge in [-0.1, -0.05) is 0 Å². The van der Waals surface area contributed by atoms with E-state index in [-0.39, 0.29) is 11.8 Å². The highest BCUT2D eigenvalue weighted by Gasteiger charge is 2.41. The number of hydrogen-bond acceptors (Lipinski definition) is 4. The van der Waals surface area contributed by atoms with Crippen LogP contribution >= 0.6 is 0 Å². The predicted octanol–water partition coefficient (Wildman–Crippen LogP) is -0.615. The molecule has 84 valence electrons. The molecule has 0 aromatic rings. The summed E-state index contributed by atoms with van der Waals surface area (Å²) in [5, 5.41) is 0. The summed E-state index contributed by atoms with van der Waals surface area (Å²) in [7, 11) is 0. The van der Waals surface area contributed by atoms with E-state index < -0.39 is 0 Å². The third kappa shape index (κ3) is 1.64. The van der Waals surface area contributed by atoms with Gasteiger partial charge in [-0.15, -0.1) is 0 Å². The second-order valence-electron chi connectivity index (χ2n) is 4.60. The molecule has 3 saturated heterocycles. The van der Waals surface area contributed by atoms with E-state index in [9.17, 15) is 4.79 Å². The number of ether oxygens (including phenoxy) is 1. The molecule has 0 saturated carbocycles. The number of carbonyl (C=O) groups is 1. The van der Waals surface area contributed by atoms with Gasteiger partial charge < -0.3 is 14.5 Å². The van der Waals surface area contributed by atoms with Crippen molar-refractivity contribution in [2.75, 3.05) is 32.9 Å². The van der Waals surface area contributed by atoms with Crippen molar-refractivity contribution in [1.82, 2.24) is 10.4 Å². The van der Waals surface area contributed by atoms with Crippen LogP contribution in [0.2, 0.25) is 0 Å². The lowest BCUT2D eigenvalue weighted by Gasteiger charge is -2.20. The van der Waals surface area contributed by atoms with Gasteiger partial charge in [0.2, 0.25) is 5.91 Å². The Morgan fingerprint density at radius 1 is 1.33 bits per heavy atom. The van der Waals surface area contributed by atoms with E-state index >= 15 is 0 Å². The highest BCUT2D eigenvalue weighted by Crippen LogP contribution is 2.25. The lowest BCUT2D eigenvalue weighted by Crippen LogP contribution is -2.37. The number of hydrogen-bond donors (Lipinski definition) is 1. The Balaban J connectivity index is 1.61. The molecule has 0 unspecified atom stereocenters. The molecular formula is C10H16N2O3. The van der Waals surface area contributed by atoms with Crippen LogP contribution in [0.15, 0.2) is 0 Å². The molecule has 3 aliphatic rings. The van der Waals surface area contributed by atoms with Crippen LogP contribution in [0.4, 0.5) is 0 Å². The first-order chi connectivity index (χ1) is 7.34. The SMILES string of the molecule is O=C([C@@H]1CCOC1)N1C[C@H]2CON[C@H]2C1. The van der Waals surface area contributed by atoms with Gasteiger partial charge in [0.15, 0.2) is 0 Å². The smallest absolute Gasteiger partial charge is 0.228 e. The molecule has 3 heterocycles. The summed E-state index contributed by atoms with van der Waals surface area (Å²) in [5.41, 5.74) is 2.97. The summed E-state index contributed by atoms with van der Waals surface area (Å²) < 4.78 is 5.24. The minimum Gasteiger partial charge on any atom is -0.381 e. The summed E-state index contributed by atoms with van der Waals surface area (Å²) >= 11 is 0. The van der Waals surface area contributed by atoms with Gasteiger partial charge in [0.05, 0.1) is 25.2 Å². The minimum atomic E-state index is 0.102. The van der Waals surface area contributed by atoms with Crippen molar-refractivity contribution in [3.05, 3.63) is 0 Å². The fourth-order valence-electron chi connectivity index (χ4n) is 2.60. The van der Waals surface area contributed by atoms with E-state index in [1.54, 1.807) is 0 Å². The van der Waals surface area contributed by atoms with Gasteiger partial charge in [-0.25, -0.2) is 0 Å². The van der Waals surface area contributed by atoms with Crippen LogP contribution in [0.1, 0.15) is 6.42 Å². The maximum absolute atomic E-state index is 12.1. The van der Waals surface area contributed by atoms with Crippen LogP contribution in [-0.2, 0) is 14.4 Å². The fraction of sp³-hybridized carbons (Fsp3) is 0.900. The first-order valence-electron chi connectivity index (χ1n) is 5.58. The van der Waals surface area contributed by atoms with Crippen LogP contribution in [0.5, 0.6) is 0 Å². The molecule has 0 aromatic carbocycles. The molecule has 3 atom stereocenters. The quantitative estimate of drug-likeness (QED) is 0.629. The van der Waals surface area contributed by atoms with Crippen molar-refractivity contribution in [3.63, 3.8) is 0 Å². The summed E-state index contributed by atoms with van der Waals surface area (Å²) in [4.78, 5) is 19.2. The number of amides is 1. The number of likely N-dealkylation sites (tertiary alicyclic amines) is 1. The number of nitrogens with zero attached hydrogens (tertiary/aromatic N) is 1. The molecule has 3 aliphatic heterocycles. The average molecular weight is 212 g/mol. The van der Waals surface area contributed by atoms with Gasteiger partial charge in [-0.05, 0) is 6.42 Å². The Hall–Kier alpha value is -0.650. The third-order valence-corrected chi connectivity index (χ3v) is 3.56. The summed E-state index contributed by atoms with van der Waals surface area (Å²) in [6, 6.07) is 0.344. The maximum atomic E-state index is 12.1. The molecule has 3 rings (SSSR count). The largest absolute Gasteiger partial charge is 0.381 e. The normalized spacial score (nSPS) is 39.7. The number of carbonyl (C=O) groups excluding carboxylic acids is 1. The Labute approximate surface area is 88.7 Å². The molecule has 15 heavy (non-hydrogen) atoms. The van der Waals surface area contributed by atoms with E-state index in [1.165, 1.54) is 0 Å². The standard InChI is InChI=1S/C10H16N2O3/c13-10(7-1-2-14-5-7)12-3-8-6-15-11-9(8)4-12/h7-9,11H,1-6H2/t7-,8+,9+/m1/s1. The predicted molar refractivity (Wildman–Crippen MR) is 51.9 cm³/mol. The Morgan fingerprint density at radius 2 is 2.27 bits per heavy atom. The highest BCUT2D eigenvalue weighted by molar-refractivity contribution is 5.79. The van der Waals surface area contributed by atoms with Crippen molar-refractivity contribution >= 4 is 5.91 Å². The molecule has 5 heteroatoms. The average Bonchev–Trinajstić information content (AvgIpc) is 2.92. The van der Waals surface area contributed by atoms with Gasteiger partial charge in [0.1, 0.15) is 0 Å². The molecule has 0 aromatic heterocycles. The molecule has 0 spiro atoms. The van der Waals surface area contributed by atoms with Crippen LogP contribution in [0, 0.1) is 11.8 Å². The first-order valence-corrected chi connectivity index (χ1v) is 5.58. The Morgan fingerprint density at radius 3 is 3.00 bits per heavy atom. The maximum Gasteiger partial charge on any atom is 0.228 e. The topological polar surface area (TPSA) is 50.8 Å². The first kappa shape index (κ1) is 9.57. The van der Waals surface area contributed by atoms with Crippen LogP contribution < -0.4 is 5.48 Å². The van der Waals surface area contributed by atoms with Crippen LogP contribution in [0.25, 0.3) is 0 Å². The van der Waals surface area contributed by atoms with Crippen molar-refractivity contribution in [2.24, 2.45) is 11.8 Å². The third-order valence-electron chi connectivity index (χ3n) is 3.56. The zero-order valence-corrected chi connectivity index (χ0v) is 8.65. The van der Waals surface area contributed by atoms with Crippen LogP contribution in [0.3, 0.4) is 0 Å². The second-order valence-corrected chi connectivity index (χ2v) is 4.60. The summed E-state index contributed by atoms with van der Waals surface area (Å²) in [6.45, 7) is 3.70. The molecule has 1 N–H and O–H groups in total. The second kappa shape index (κ2) is 3.73. The summed E-state index contributed by atoms with van der Waals surface area (Å²) in [6.07, 6.45) is 0.884. The minimum absolute atomic E-state index is 0.102. The van der Waals surface area contributed by atoms with E-state index in [2.05, 4.69) is 5.48 Å². The Kier molecular flexibility index (Phi) is 2.38. The van der Waals surface area contributed by atoms with E-state index in [4.69, 9.17) is 9.57 Å². The zero-order valence-electron chi connectivity index (χ0n) is 8.65. The van der Waals surface area contributed by atoms with Crippen molar-refractivity contribution < 1.29 is 14.4 Å². The number of fused-ring (bicyclic) bond motifs is 1. The lowest BCUT2D eigenvalue weighted by atomic mass is 10.1. The fourth-order valence-corrected chi connectivity index (χ4v) is 2.60. The van der Waals surface area contributed by atoms with E-state index in [0.29, 0.717) is 18.6 Å². The van der Waals surface area contributed by atoms with Crippen molar-refractivity contribution in [3.8, 4) is 0 Å². The molecule has 1 amide bonds. The zero-order chi connectivity index (χ0) is 10.3. The van der Waals surface area contributed by atoms with Gasteiger partial charge in [0.25, 0.3) is 0 Å². The summed E-state index contributed by atoms with van der Waals surface area (Å²) in [5.74, 6) is 0.852. The molecule has 0 aliphatic carbocycles. The van der Waals surface area contributed by atoms with Gasteiger partial charge in [-0.3, -0.25) is 4.79 Å². The highest BCUT2D eigenvalue weighted by atomic mass is 16.7. The monoisotopic (exact) mass is 212 g/mol. The van der Waals surface area contributed by atoms with Gasteiger partial charge in [0, 0.05) is 25.6 Å². The number of rotatable bonds is 1. The molecule has 3 fully saturated rings.